The Kier molecular flexibility index (Phi) is 2.97. The van der Waals surface area contributed by atoms with Crippen molar-refractivity contribution in [2.45, 2.75) is 33.2 Å². The Morgan fingerprint density at radius 3 is 2.53 bits per heavy atom. The van der Waals surface area contributed by atoms with E-state index in [1.165, 1.54) is 11.3 Å². The fourth-order valence-electron chi connectivity index (χ4n) is 1.97. The average Bonchev–Trinajstić information content (AvgIpc) is 2.28. The van der Waals surface area contributed by atoms with Crippen LogP contribution in [0.15, 0.2) is 42.7 Å². The summed E-state index contributed by atoms with van der Waals surface area (Å²) < 4.78 is 2.29. The van der Waals surface area contributed by atoms with Gasteiger partial charge in [-0.15, -0.1) is 0 Å². The highest BCUT2D eigenvalue weighted by atomic mass is 15.0. The number of hydrogen-bond acceptors (Lipinski definition) is 1. The summed E-state index contributed by atoms with van der Waals surface area (Å²) in [6.07, 6.45) is 4.00. The largest absolute Gasteiger partial charge is 0.262 e. The molecular weight excluding hydrogens is 208 g/mol. The molecule has 0 bridgehead atoms. The average molecular weight is 227 g/mol. The van der Waals surface area contributed by atoms with Gasteiger partial charge in [-0.25, -0.2) is 0 Å². The van der Waals surface area contributed by atoms with Crippen LogP contribution in [0, 0.1) is 6.92 Å². The molecule has 2 nitrogen and oxygen atoms in total. The maximum absolute atomic E-state index is 4.25. The van der Waals surface area contributed by atoms with Crippen molar-refractivity contribution in [1.29, 1.82) is 0 Å². The maximum atomic E-state index is 4.25. The molecule has 0 aliphatic rings. The summed E-state index contributed by atoms with van der Waals surface area (Å²) in [5.74, 6) is 0. The van der Waals surface area contributed by atoms with E-state index in [4.69, 9.17) is 0 Å². The van der Waals surface area contributed by atoms with Crippen LogP contribution in [0.4, 0.5) is 0 Å². The molecule has 2 aromatic rings. The first kappa shape index (κ1) is 11.8. The van der Waals surface area contributed by atoms with Crippen molar-refractivity contribution in [1.82, 2.24) is 4.98 Å². The van der Waals surface area contributed by atoms with Crippen LogP contribution in [0.25, 0.3) is 11.3 Å². The molecule has 0 atom stereocenters. The van der Waals surface area contributed by atoms with Gasteiger partial charge in [0.15, 0.2) is 11.7 Å². The predicted octanol–water partition coefficient (Wildman–Crippen LogP) is 3.10. The van der Waals surface area contributed by atoms with Crippen LogP contribution in [0.5, 0.6) is 0 Å². The zero-order valence-corrected chi connectivity index (χ0v) is 10.9. The van der Waals surface area contributed by atoms with Crippen molar-refractivity contribution < 1.29 is 4.57 Å². The number of pyridine rings is 2. The van der Waals surface area contributed by atoms with E-state index >= 15 is 0 Å². The highest BCUT2D eigenvalue weighted by Crippen LogP contribution is 2.18. The van der Waals surface area contributed by atoms with Crippen molar-refractivity contribution in [3.8, 4) is 11.3 Å². The van der Waals surface area contributed by atoms with E-state index in [1.54, 1.807) is 0 Å². The topological polar surface area (TPSA) is 16.8 Å². The molecule has 0 spiro atoms. The molecule has 2 rings (SSSR count). The SMILES string of the molecule is Cc1cc(-c2cccc[n+]2C(C)(C)C)ccn1. The smallest absolute Gasteiger partial charge is 0.213 e. The van der Waals surface area contributed by atoms with Gasteiger partial charge in [0.05, 0.1) is 0 Å². The monoisotopic (exact) mass is 227 g/mol. The summed E-state index contributed by atoms with van der Waals surface area (Å²) in [5.41, 5.74) is 3.57. The molecule has 0 saturated heterocycles. The molecule has 2 heteroatoms. The summed E-state index contributed by atoms with van der Waals surface area (Å²) in [4.78, 5) is 4.25. The zero-order valence-electron chi connectivity index (χ0n) is 10.9. The Balaban J connectivity index is 2.60. The summed E-state index contributed by atoms with van der Waals surface area (Å²) in [5, 5.41) is 0. The van der Waals surface area contributed by atoms with Gasteiger partial charge in [0.2, 0.25) is 5.69 Å². The third kappa shape index (κ3) is 2.52. The van der Waals surface area contributed by atoms with Crippen molar-refractivity contribution in [2.75, 3.05) is 0 Å². The number of aromatic nitrogens is 2. The molecule has 0 N–H and O–H groups in total. The molecular formula is C15H19N2+. The van der Waals surface area contributed by atoms with Gasteiger partial charge in [-0.3, -0.25) is 4.98 Å². The van der Waals surface area contributed by atoms with Gasteiger partial charge in [-0.2, -0.15) is 4.57 Å². The Bertz CT molecular complexity index is 524. The minimum absolute atomic E-state index is 0.0772. The van der Waals surface area contributed by atoms with Gasteiger partial charge in [0, 0.05) is 50.4 Å². The van der Waals surface area contributed by atoms with Crippen LogP contribution in [0.3, 0.4) is 0 Å². The molecule has 0 aliphatic heterocycles. The highest BCUT2D eigenvalue weighted by Gasteiger charge is 2.25. The lowest BCUT2D eigenvalue weighted by Gasteiger charge is -2.16. The lowest BCUT2D eigenvalue weighted by atomic mass is 10.0. The first-order valence-corrected chi connectivity index (χ1v) is 5.93. The number of nitrogens with zero attached hydrogens (tertiary/aromatic N) is 2. The van der Waals surface area contributed by atoms with Gasteiger partial charge in [0.1, 0.15) is 0 Å². The van der Waals surface area contributed by atoms with E-state index in [1.807, 2.05) is 13.1 Å². The van der Waals surface area contributed by atoms with Crippen LogP contribution in [0.2, 0.25) is 0 Å². The summed E-state index contributed by atoms with van der Waals surface area (Å²) in [6.45, 7) is 8.66. The molecule has 0 unspecified atom stereocenters. The Morgan fingerprint density at radius 1 is 1.12 bits per heavy atom. The molecule has 2 aromatic heterocycles. The molecule has 0 aromatic carbocycles. The van der Waals surface area contributed by atoms with Gasteiger partial charge in [-0.05, 0) is 25.1 Å². The third-order valence-corrected chi connectivity index (χ3v) is 2.78. The molecule has 0 fully saturated rings. The Morgan fingerprint density at radius 2 is 1.88 bits per heavy atom. The lowest BCUT2D eigenvalue weighted by Crippen LogP contribution is -2.51. The van der Waals surface area contributed by atoms with Crippen molar-refractivity contribution in [3.05, 3.63) is 48.4 Å². The minimum Gasteiger partial charge on any atom is -0.262 e. The zero-order chi connectivity index (χ0) is 12.5. The third-order valence-electron chi connectivity index (χ3n) is 2.78. The summed E-state index contributed by atoms with van der Waals surface area (Å²) in [6, 6.07) is 10.5. The van der Waals surface area contributed by atoms with Crippen LogP contribution >= 0.6 is 0 Å². The van der Waals surface area contributed by atoms with E-state index in [0.717, 1.165) is 5.69 Å². The molecule has 0 aliphatic carbocycles. The second kappa shape index (κ2) is 4.28. The van der Waals surface area contributed by atoms with Crippen LogP contribution in [0.1, 0.15) is 26.5 Å². The van der Waals surface area contributed by atoms with Crippen molar-refractivity contribution in [2.24, 2.45) is 0 Å². The van der Waals surface area contributed by atoms with E-state index in [2.05, 4.69) is 66.9 Å². The van der Waals surface area contributed by atoms with E-state index in [-0.39, 0.29) is 5.54 Å². The van der Waals surface area contributed by atoms with Crippen LogP contribution < -0.4 is 4.57 Å². The van der Waals surface area contributed by atoms with E-state index in [9.17, 15) is 0 Å². The second-order valence-corrected chi connectivity index (χ2v) is 5.31. The quantitative estimate of drug-likeness (QED) is 0.684. The van der Waals surface area contributed by atoms with Gasteiger partial charge >= 0.3 is 0 Å². The van der Waals surface area contributed by atoms with Gasteiger partial charge < -0.3 is 0 Å². The van der Waals surface area contributed by atoms with Gasteiger partial charge in [0.25, 0.3) is 0 Å². The number of rotatable bonds is 1. The number of aryl methyl sites for hydroxylation is 1. The standard InChI is InChI=1S/C15H19N2/c1-12-11-13(8-9-16-12)14-7-5-6-10-17(14)15(2,3)4/h5-11H,1-4H3/q+1. The van der Waals surface area contributed by atoms with Gasteiger partial charge in [-0.1, -0.05) is 0 Å². The van der Waals surface area contributed by atoms with Crippen LogP contribution in [-0.2, 0) is 5.54 Å². The molecule has 2 heterocycles. The highest BCUT2D eigenvalue weighted by molar-refractivity contribution is 5.55. The molecule has 88 valence electrons. The Hall–Kier alpha value is -1.70. The first-order chi connectivity index (χ1) is 7.98. The molecule has 17 heavy (non-hydrogen) atoms. The van der Waals surface area contributed by atoms with Crippen LogP contribution in [-0.4, -0.2) is 4.98 Å². The Labute approximate surface area is 103 Å². The molecule has 0 saturated carbocycles. The van der Waals surface area contributed by atoms with Crippen molar-refractivity contribution in [3.63, 3.8) is 0 Å². The molecule has 0 radical (unpaired) electrons. The lowest BCUT2D eigenvalue weighted by molar-refractivity contribution is -0.744. The van der Waals surface area contributed by atoms with E-state index < -0.39 is 0 Å². The molecule has 0 amide bonds. The maximum Gasteiger partial charge on any atom is 0.213 e. The number of hydrogen-bond donors (Lipinski definition) is 0. The summed E-state index contributed by atoms with van der Waals surface area (Å²) in [7, 11) is 0. The predicted molar refractivity (Wildman–Crippen MR) is 69.6 cm³/mol. The van der Waals surface area contributed by atoms with Crippen molar-refractivity contribution >= 4 is 0 Å². The summed E-state index contributed by atoms with van der Waals surface area (Å²) >= 11 is 0. The fourth-order valence-corrected chi connectivity index (χ4v) is 1.97. The second-order valence-electron chi connectivity index (χ2n) is 5.31. The normalized spacial score (nSPS) is 11.5. The first-order valence-electron chi connectivity index (χ1n) is 5.93. The minimum atomic E-state index is 0.0772. The fraction of sp³-hybridized carbons (Fsp3) is 0.333. The van der Waals surface area contributed by atoms with E-state index in [0.29, 0.717) is 0 Å².